The van der Waals surface area contributed by atoms with Gasteiger partial charge in [0.2, 0.25) is 5.91 Å². The Morgan fingerprint density at radius 3 is 2.79 bits per heavy atom. The highest BCUT2D eigenvalue weighted by molar-refractivity contribution is 6.35. The summed E-state index contributed by atoms with van der Waals surface area (Å²) >= 11 is 11.8. The van der Waals surface area contributed by atoms with E-state index in [2.05, 4.69) is 11.9 Å². The van der Waals surface area contributed by atoms with E-state index in [4.69, 9.17) is 27.9 Å². The highest BCUT2D eigenvalue weighted by Crippen LogP contribution is 2.21. The average molecular weight is 302 g/mol. The molecule has 0 unspecified atom stereocenters. The number of amides is 1. The van der Waals surface area contributed by atoms with Crippen LogP contribution in [0.3, 0.4) is 0 Å². The third kappa shape index (κ3) is 6.62. The van der Waals surface area contributed by atoms with Gasteiger partial charge in [-0.3, -0.25) is 4.79 Å². The SMILES string of the molecule is C=C(C)COCCNC(=O)Cc1ccc(Cl)cc1Cl. The van der Waals surface area contributed by atoms with Gasteiger partial charge in [0.1, 0.15) is 0 Å². The van der Waals surface area contributed by atoms with Gasteiger partial charge in [-0.2, -0.15) is 0 Å². The van der Waals surface area contributed by atoms with Crippen LogP contribution in [0.5, 0.6) is 0 Å². The number of ether oxygens (including phenoxy) is 1. The quantitative estimate of drug-likeness (QED) is 0.620. The summed E-state index contributed by atoms with van der Waals surface area (Å²) in [5.74, 6) is -0.0943. The van der Waals surface area contributed by atoms with Crippen LogP contribution >= 0.6 is 23.2 Å². The Morgan fingerprint density at radius 1 is 1.42 bits per heavy atom. The third-order valence-electron chi connectivity index (χ3n) is 2.28. The van der Waals surface area contributed by atoms with Gasteiger partial charge in [-0.25, -0.2) is 0 Å². The van der Waals surface area contributed by atoms with Gasteiger partial charge in [-0.1, -0.05) is 41.4 Å². The molecular formula is C14H17Cl2NO2. The van der Waals surface area contributed by atoms with Crippen molar-refractivity contribution in [1.82, 2.24) is 5.32 Å². The van der Waals surface area contributed by atoms with Gasteiger partial charge in [0.05, 0.1) is 19.6 Å². The van der Waals surface area contributed by atoms with Gasteiger partial charge in [0.15, 0.2) is 0 Å². The standard InChI is InChI=1S/C14H17Cl2NO2/c1-10(2)9-19-6-5-17-14(18)7-11-3-4-12(15)8-13(11)16/h3-4,8H,1,5-7,9H2,2H3,(H,17,18). The van der Waals surface area contributed by atoms with Gasteiger partial charge < -0.3 is 10.1 Å². The molecule has 0 atom stereocenters. The zero-order valence-corrected chi connectivity index (χ0v) is 12.4. The molecule has 19 heavy (non-hydrogen) atoms. The predicted octanol–water partition coefficient (Wildman–Crippen LogP) is 3.24. The molecule has 0 fully saturated rings. The van der Waals surface area contributed by atoms with E-state index < -0.39 is 0 Å². The van der Waals surface area contributed by atoms with Gasteiger partial charge in [0.25, 0.3) is 0 Å². The number of carbonyl (C=O) groups excluding carboxylic acids is 1. The minimum atomic E-state index is -0.0943. The average Bonchev–Trinajstić information content (AvgIpc) is 2.32. The minimum absolute atomic E-state index is 0.0943. The summed E-state index contributed by atoms with van der Waals surface area (Å²) < 4.78 is 5.28. The van der Waals surface area contributed by atoms with Crippen molar-refractivity contribution in [2.45, 2.75) is 13.3 Å². The fourth-order valence-electron chi connectivity index (χ4n) is 1.41. The summed E-state index contributed by atoms with van der Waals surface area (Å²) in [5, 5.41) is 3.82. The molecule has 1 aromatic rings. The van der Waals surface area contributed by atoms with Crippen LogP contribution in [-0.2, 0) is 16.0 Å². The number of hydrogen-bond donors (Lipinski definition) is 1. The second kappa shape index (κ2) is 8.20. The van der Waals surface area contributed by atoms with Crippen molar-refractivity contribution in [3.63, 3.8) is 0 Å². The van der Waals surface area contributed by atoms with Crippen LogP contribution in [0.1, 0.15) is 12.5 Å². The number of carbonyl (C=O) groups is 1. The molecular weight excluding hydrogens is 285 g/mol. The smallest absolute Gasteiger partial charge is 0.224 e. The Kier molecular flexibility index (Phi) is 6.92. The normalized spacial score (nSPS) is 10.3. The summed E-state index contributed by atoms with van der Waals surface area (Å²) in [6.07, 6.45) is 0.233. The fraction of sp³-hybridized carbons (Fsp3) is 0.357. The molecule has 0 spiro atoms. The molecule has 1 N–H and O–H groups in total. The van der Waals surface area contributed by atoms with Crippen LogP contribution in [0.15, 0.2) is 30.4 Å². The molecule has 5 heteroatoms. The van der Waals surface area contributed by atoms with E-state index in [0.29, 0.717) is 29.8 Å². The van der Waals surface area contributed by atoms with Crippen molar-refractivity contribution < 1.29 is 9.53 Å². The lowest BCUT2D eigenvalue weighted by molar-refractivity contribution is -0.120. The predicted molar refractivity (Wildman–Crippen MR) is 78.8 cm³/mol. The maximum absolute atomic E-state index is 11.7. The van der Waals surface area contributed by atoms with Gasteiger partial charge in [-0.15, -0.1) is 0 Å². The molecule has 1 aromatic carbocycles. The van der Waals surface area contributed by atoms with Crippen LogP contribution in [0.4, 0.5) is 0 Å². The van der Waals surface area contributed by atoms with E-state index >= 15 is 0 Å². The minimum Gasteiger partial charge on any atom is -0.375 e. The van der Waals surface area contributed by atoms with E-state index in [1.54, 1.807) is 18.2 Å². The summed E-state index contributed by atoms with van der Waals surface area (Å²) in [4.78, 5) is 11.7. The first kappa shape index (κ1) is 16.0. The van der Waals surface area contributed by atoms with E-state index in [0.717, 1.165) is 11.1 Å². The van der Waals surface area contributed by atoms with Crippen molar-refractivity contribution >= 4 is 29.1 Å². The second-order valence-electron chi connectivity index (χ2n) is 4.27. The molecule has 0 aliphatic carbocycles. The number of benzene rings is 1. The Hall–Kier alpha value is -1.03. The van der Waals surface area contributed by atoms with E-state index in [1.165, 1.54) is 0 Å². The van der Waals surface area contributed by atoms with Crippen LogP contribution in [0, 0.1) is 0 Å². The van der Waals surface area contributed by atoms with Crippen LogP contribution in [0.25, 0.3) is 0 Å². The molecule has 104 valence electrons. The second-order valence-corrected chi connectivity index (χ2v) is 5.12. The lowest BCUT2D eigenvalue weighted by Crippen LogP contribution is -2.28. The van der Waals surface area contributed by atoms with Gasteiger partial charge >= 0.3 is 0 Å². The number of halogens is 2. The van der Waals surface area contributed by atoms with Gasteiger partial charge in [0, 0.05) is 16.6 Å². The van der Waals surface area contributed by atoms with Crippen molar-refractivity contribution in [2.75, 3.05) is 19.8 Å². The van der Waals surface area contributed by atoms with Crippen molar-refractivity contribution in [3.05, 3.63) is 46.0 Å². The van der Waals surface area contributed by atoms with E-state index in [-0.39, 0.29) is 12.3 Å². The molecule has 1 amide bonds. The van der Waals surface area contributed by atoms with E-state index in [1.807, 2.05) is 6.92 Å². The van der Waals surface area contributed by atoms with Crippen LogP contribution in [-0.4, -0.2) is 25.7 Å². The first-order chi connectivity index (χ1) is 8.99. The first-order valence-electron chi connectivity index (χ1n) is 5.92. The molecule has 0 bridgehead atoms. The molecule has 0 aliphatic rings. The molecule has 3 nitrogen and oxygen atoms in total. The summed E-state index contributed by atoms with van der Waals surface area (Å²) in [6.45, 7) is 7.06. The Bertz CT molecular complexity index is 461. The zero-order valence-electron chi connectivity index (χ0n) is 10.8. The van der Waals surface area contributed by atoms with Gasteiger partial charge in [-0.05, 0) is 24.6 Å². The van der Waals surface area contributed by atoms with Crippen molar-refractivity contribution in [1.29, 1.82) is 0 Å². The van der Waals surface area contributed by atoms with Crippen LogP contribution in [0.2, 0.25) is 10.0 Å². The fourth-order valence-corrected chi connectivity index (χ4v) is 1.88. The van der Waals surface area contributed by atoms with E-state index in [9.17, 15) is 4.79 Å². The largest absolute Gasteiger partial charge is 0.375 e. The summed E-state index contributed by atoms with van der Waals surface area (Å²) in [5.41, 5.74) is 1.71. The molecule has 0 saturated carbocycles. The van der Waals surface area contributed by atoms with Crippen molar-refractivity contribution in [3.8, 4) is 0 Å². The highest BCUT2D eigenvalue weighted by atomic mass is 35.5. The summed E-state index contributed by atoms with van der Waals surface area (Å²) in [7, 11) is 0. The Labute approximate surface area is 123 Å². The molecule has 0 heterocycles. The van der Waals surface area contributed by atoms with Crippen molar-refractivity contribution in [2.24, 2.45) is 0 Å². The molecule has 0 aliphatic heterocycles. The lowest BCUT2D eigenvalue weighted by Gasteiger charge is -2.07. The Balaban J connectivity index is 2.29. The maximum atomic E-state index is 11.7. The maximum Gasteiger partial charge on any atom is 0.224 e. The lowest BCUT2D eigenvalue weighted by atomic mass is 10.1. The third-order valence-corrected chi connectivity index (χ3v) is 2.87. The molecule has 0 aromatic heterocycles. The topological polar surface area (TPSA) is 38.3 Å². The highest BCUT2D eigenvalue weighted by Gasteiger charge is 2.07. The number of rotatable bonds is 7. The monoisotopic (exact) mass is 301 g/mol. The Morgan fingerprint density at radius 2 is 2.16 bits per heavy atom. The number of nitrogens with one attached hydrogen (secondary N) is 1. The molecule has 1 rings (SSSR count). The molecule has 0 saturated heterocycles. The zero-order chi connectivity index (χ0) is 14.3. The first-order valence-corrected chi connectivity index (χ1v) is 6.67. The van der Waals surface area contributed by atoms with Crippen LogP contribution < -0.4 is 5.32 Å². The number of hydrogen-bond acceptors (Lipinski definition) is 2. The molecule has 0 radical (unpaired) electrons. The summed E-state index contributed by atoms with van der Waals surface area (Å²) in [6, 6.07) is 5.09.